The van der Waals surface area contributed by atoms with E-state index in [1.54, 1.807) is 18.2 Å². The minimum atomic E-state index is -0.630. The molecular weight excluding hydrogens is 304 g/mol. The van der Waals surface area contributed by atoms with Crippen LogP contribution >= 0.6 is 0 Å². The number of terminal acetylenes is 1. The van der Waals surface area contributed by atoms with Crippen LogP contribution in [0.2, 0.25) is 0 Å². The number of aromatic nitrogens is 1. The molecule has 0 radical (unpaired) electrons. The Labute approximate surface area is 139 Å². The number of pyridine rings is 1. The van der Waals surface area contributed by atoms with Gasteiger partial charge in [0.2, 0.25) is 0 Å². The maximum Gasteiger partial charge on any atom is 0.268 e. The molecule has 0 saturated carbocycles. The Morgan fingerprint density at radius 1 is 1.29 bits per heavy atom. The fraction of sp³-hybridized carbons (Fsp3) is 0.167. The molecule has 6 nitrogen and oxygen atoms in total. The van der Waals surface area contributed by atoms with E-state index in [2.05, 4.69) is 10.9 Å². The van der Waals surface area contributed by atoms with E-state index in [4.69, 9.17) is 16.9 Å². The van der Waals surface area contributed by atoms with Crippen molar-refractivity contribution >= 4 is 5.82 Å². The summed E-state index contributed by atoms with van der Waals surface area (Å²) < 4.78 is 5.47. The first-order valence-corrected chi connectivity index (χ1v) is 7.12. The predicted molar refractivity (Wildman–Crippen MR) is 90.0 cm³/mol. The van der Waals surface area contributed by atoms with Crippen LogP contribution < -0.4 is 16.0 Å². The molecule has 24 heavy (non-hydrogen) atoms. The molecule has 0 amide bonds. The maximum absolute atomic E-state index is 12.0. The highest BCUT2D eigenvalue weighted by Gasteiger charge is 2.19. The fourth-order valence-corrected chi connectivity index (χ4v) is 2.40. The smallest absolute Gasteiger partial charge is 0.268 e. The lowest BCUT2D eigenvalue weighted by Crippen LogP contribution is -2.16. The van der Waals surface area contributed by atoms with Gasteiger partial charge >= 0.3 is 0 Å². The van der Waals surface area contributed by atoms with Gasteiger partial charge in [0, 0.05) is 5.56 Å². The van der Waals surface area contributed by atoms with Crippen molar-refractivity contribution in [2.24, 2.45) is 0 Å². The largest absolute Gasteiger partial charge is 0.481 e. The first-order chi connectivity index (χ1) is 11.6. The molecule has 118 valence electrons. The lowest BCUT2D eigenvalue weighted by Gasteiger charge is -2.13. The molecule has 0 unspecified atom stereocenters. The van der Waals surface area contributed by atoms with Gasteiger partial charge in [-0.3, -0.25) is 4.79 Å². The molecular formula is C18H14N4O2. The average Bonchev–Trinajstić information content (AvgIpc) is 2.59. The minimum Gasteiger partial charge on any atom is -0.481 e. The number of hydrogen-bond acceptors (Lipinski definition) is 5. The van der Waals surface area contributed by atoms with Gasteiger partial charge in [0.15, 0.2) is 0 Å². The van der Waals surface area contributed by atoms with Crippen LogP contribution in [0.25, 0.3) is 11.1 Å². The second kappa shape index (κ2) is 7.05. The molecule has 2 aromatic rings. The first-order valence-electron chi connectivity index (χ1n) is 7.12. The summed E-state index contributed by atoms with van der Waals surface area (Å²) in [7, 11) is 0. The van der Waals surface area contributed by atoms with Crippen molar-refractivity contribution in [3.63, 3.8) is 0 Å². The van der Waals surface area contributed by atoms with Gasteiger partial charge in [0.1, 0.15) is 41.4 Å². The number of nitrogen functional groups attached to an aromatic ring is 1. The van der Waals surface area contributed by atoms with E-state index in [-0.39, 0.29) is 29.1 Å². The third-order valence-electron chi connectivity index (χ3n) is 3.51. The average molecular weight is 318 g/mol. The summed E-state index contributed by atoms with van der Waals surface area (Å²) in [6.45, 7) is 2.07. The Kier molecular flexibility index (Phi) is 4.90. The van der Waals surface area contributed by atoms with E-state index in [0.717, 1.165) is 5.56 Å². The summed E-state index contributed by atoms with van der Waals surface area (Å²) in [5.74, 6) is 2.95. The molecule has 6 heteroatoms. The highest BCUT2D eigenvalue weighted by Crippen LogP contribution is 2.32. The van der Waals surface area contributed by atoms with Gasteiger partial charge in [-0.2, -0.15) is 10.5 Å². The number of ether oxygens (including phenoxy) is 1. The summed E-state index contributed by atoms with van der Waals surface area (Å²) >= 11 is 0. The van der Waals surface area contributed by atoms with Gasteiger partial charge in [-0.15, -0.1) is 6.42 Å². The number of H-pyrrole nitrogens is 1. The first kappa shape index (κ1) is 16.7. The lowest BCUT2D eigenvalue weighted by atomic mass is 9.94. The highest BCUT2D eigenvalue weighted by atomic mass is 16.5. The molecule has 0 spiro atoms. The molecule has 0 saturated heterocycles. The summed E-state index contributed by atoms with van der Waals surface area (Å²) in [5.41, 5.74) is 6.61. The fourth-order valence-electron chi connectivity index (χ4n) is 2.40. The van der Waals surface area contributed by atoms with Crippen LogP contribution in [0, 0.1) is 35.0 Å². The molecule has 0 aliphatic heterocycles. The summed E-state index contributed by atoms with van der Waals surface area (Å²) in [6, 6.07) is 8.92. The zero-order valence-electron chi connectivity index (χ0n) is 13.0. The second-order valence-corrected chi connectivity index (χ2v) is 4.89. The van der Waals surface area contributed by atoms with Crippen molar-refractivity contribution in [2.75, 3.05) is 12.3 Å². The molecule has 1 aromatic carbocycles. The number of nitrogens with zero attached hydrogens (tertiary/aromatic N) is 2. The zero-order chi connectivity index (χ0) is 17.7. The molecule has 1 heterocycles. The van der Waals surface area contributed by atoms with Crippen molar-refractivity contribution in [1.29, 1.82) is 10.5 Å². The monoisotopic (exact) mass is 318 g/mol. The number of rotatable bonds is 4. The van der Waals surface area contributed by atoms with Crippen molar-refractivity contribution in [3.05, 3.63) is 45.2 Å². The number of nitriles is 2. The number of nitrogens with two attached hydrogens (primary N) is 1. The van der Waals surface area contributed by atoms with Crippen LogP contribution in [0.1, 0.15) is 23.6 Å². The maximum atomic E-state index is 12.0. The summed E-state index contributed by atoms with van der Waals surface area (Å²) in [4.78, 5) is 14.3. The van der Waals surface area contributed by atoms with Crippen LogP contribution in [-0.2, 0) is 6.42 Å². The van der Waals surface area contributed by atoms with Crippen molar-refractivity contribution in [3.8, 4) is 41.4 Å². The molecule has 0 bridgehead atoms. The van der Waals surface area contributed by atoms with Gasteiger partial charge in [-0.1, -0.05) is 18.9 Å². The third-order valence-corrected chi connectivity index (χ3v) is 3.51. The Balaban J connectivity index is 2.74. The third kappa shape index (κ3) is 2.92. The topological polar surface area (TPSA) is 116 Å². The lowest BCUT2D eigenvalue weighted by molar-refractivity contribution is 0.366. The Bertz CT molecular complexity index is 969. The highest BCUT2D eigenvalue weighted by molar-refractivity contribution is 5.80. The second-order valence-electron chi connectivity index (χ2n) is 4.89. The van der Waals surface area contributed by atoms with Crippen LogP contribution in [0.4, 0.5) is 5.82 Å². The van der Waals surface area contributed by atoms with E-state index >= 15 is 0 Å². The van der Waals surface area contributed by atoms with Crippen molar-refractivity contribution in [2.45, 2.75) is 13.3 Å². The van der Waals surface area contributed by atoms with Gasteiger partial charge in [0.05, 0.1) is 0 Å². The van der Waals surface area contributed by atoms with Crippen LogP contribution in [0.3, 0.4) is 0 Å². The van der Waals surface area contributed by atoms with E-state index < -0.39 is 5.56 Å². The van der Waals surface area contributed by atoms with Crippen LogP contribution in [0.15, 0.2) is 23.0 Å². The van der Waals surface area contributed by atoms with Crippen molar-refractivity contribution in [1.82, 2.24) is 4.98 Å². The number of anilines is 1. The van der Waals surface area contributed by atoms with Crippen molar-refractivity contribution < 1.29 is 4.74 Å². The molecule has 0 aliphatic carbocycles. The standard InChI is InChI=1S/C18H14N4O2/c1-3-7-24-15-6-5-12(8-11(15)4-2)16-13(9-19)17(21)22-18(23)14(16)10-20/h1,5-6,8H,4,7H2,2H3,(H3,21,22,23). The molecule has 0 aliphatic rings. The number of nitrogens with one attached hydrogen (secondary N) is 1. The van der Waals surface area contributed by atoms with E-state index in [0.29, 0.717) is 17.7 Å². The minimum absolute atomic E-state index is 0.0606. The normalized spacial score (nSPS) is 9.58. The Morgan fingerprint density at radius 3 is 2.58 bits per heavy atom. The molecule has 2 rings (SSSR count). The Hall–Kier alpha value is -3.69. The van der Waals surface area contributed by atoms with Crippen LogP contribution in [0.5, 0.6) is 5.75 Å². The van der Waals surface area contributed by atoms with Crippen LogP contribution in [-0.4, -0.2) is 11.6 Å². The molecule has 1 aromatic heterocycles. The quantitative estimate of drug-likeness (QED) is 0.836. The number of aryl methyl sites for hydroxylation is 1. The zero-order valence-corrected chi connectivity index (χ0v) is 13.0. The summed E-state index contributed by atoms with van der Waals surface area (Å²) in [6.07, 6.45) is 5.85. The summed E-state index contributed by atoms with van der Waals surface area (Å²) in [5, 5.41) is 18.7. The van der Waals surface area contributed by atoms with Gasteiger partial charge < -0.3 is 15.5 Å². The Morgan fingerprint density at radius 2 is 2.00 bits per heavy atom. The number of benzene rings is 1. The molecule has 3 N–H and O–H groups in total. The predicted octanol–water partition coefficient (Wildman–Crippen LogP) is 1.94. The SMILES string of the molecule is C#CCOc1ccc(-c2c(C#N)c(N)[nH]c(=O)c2C#N)cc1CC. The van der Waals surface area contributed by atoms with Gasteiger partial charge in [-0.25, -0.2) is 0 Å². The van der Waals surface area contributed by atoms with E-state index in [1.165, 1.54) is 0 Å². The van der Waals surface area contributed by atoms with E-state index in [9.17, 15) is 15.3 Å². The molecule has 0 fully saturated rings. The number of aromatic amines is 1. The molecule has 0 atom stereocenters. The van der Waals surface area contributed by atoms with Gasteiger partial charge in [0.25, 0.3) is 5.56 Å². The van der Waals surface area contributed by atoms with Gasteiger partial charge in [-0.05, 0) is 29.7 Å². The number of hydrogen-bond donors (Lipinski definition) is 2. The van der Waals surface area contributed by atoms with E-state index in [1.807, 2.05) is 19.1 Å².